The molecule has 0 N–H and O–H groups in total. The summed E-state index contributed by atoms with van der Waals surface area (Å²) in [5, 5.41) is 39.2. The number of fused-ring (bicyclic) bond motifs is 6. The third-order valence-corrected chi connectivity index (χ3v) is 18.2. The Labute approximate surface area is 518 Å². The Bertz CT molecular complexity index is 3920. The molecular formula is C64H42N8O12S4. The zero-order valence-corrected chi connectivity index (χ0v) is 49.5. The van der Waals surface area contributed by atoms with E-state index < -0.39 is 46.9 Å². The number of nitrogens with zero attached hydrogens (tertiary/aromatic N) is 8. The van der Waals surface area contributed by atoms with Gasteiger partial charge >= 0.3 is 35.1 Å². The smallest absolute Gasteiger partial charge is 0.367 e. The highest BCUT2D eigenvalue weighted by Crippen LogP contribution is 2.59. The average Bonchev–Trinajstić information content (AvgIpc) is 1.36. The van der Waals surface area contributed by atoms with E-state index in [1.165, 1.54) is 34.1 Å². The number of benzene rings is 5. The van der Waals surface area contributed by atoms with E-state index in [1.807, 2.05) is 24.3 Å². The molecule has 24 heteroatoms. The molecule has 4 aliphatic rings. The molecule has 2 fully saturated rings. The summed E-state index contributed by atoms with van der Waals surface area (Å²) >= 11 is 3.38. The lowest BCUT2D eigenvalue weighted by atomic mass is 9.85. The first-order chi connectivity index (χ1) is 42.8. The summed E-state index contributed by atoms with van der Waals surface area (Å²) in [4.78, 5) is 102. The van der Waals surface area contributed by atoms with Crippen LogP contribution in [0.5, 0.6) is 11.5 Å². The van der Waals surface area contributed by atoms with Crippen LogP contribution in [0.1, 0.15) is 47.2 Å². The van der Waals surface area contributed by atoms with Crippen LogP contribution >= 0.6 is 46.2 Å². The van der Waals surface area contributed by atoms with E-state index >= 15 is 19.2 Å². The van der Waals surface area contributed by atoms with Gasteiger partial charge in [0.2, 0.25) is 0 Å². The maximum atomic E-state index is 15.4. The van der Waals surface area contributed by atoms with Crippen LogP contribution in [-0.2, 0) is 85.3 Å². The van der Waals surface area contributed by atoms with Crippen molar-refractivity contribution in [2.45, 2.75) is 51.5 Å². The van der Waals surface area contributed by atoms with Crippen LogP contribution in [-0.4, -0.2) is 68.7 Å². The molecule has 7 aromatic rings. The van der Waals surface area contributed by atoms with Crippen LogP contribution in [0.3, 0.4) is 0 Å². The highest BCUT2D eigenvalue weighted by atomic mass is 32.2. The fraction of sp³-hybridized carbons (Fsp3) is 0.156. The number of esters is 4. The molecule has 11 rings (SSSR count). The van der Waals surface area contributed by atoms with Gasteiger partial charge in [-0.15, -0.1) is 22.7 Å². The first kappa shape index (κ1) is 59.1. The lowest BCUT2D eigenvalue weighted by Gasteiger charge is -2.37. The number of nitriles is 4. The van der Waals surface area contributed by atoms with Crippen LogP contribution in [0.15, 0.2) is 177 Å². The molecule has 6 heterocycles. The van der Waals surface area contributed by atoms with E-state index in [2.05, 4.69) is 0 Å². The number of thiophene rings is 2. The van der Waals surface area contributed by atoms with Crippen molar-refractivity contribution in [2.24, 2.45) is 9.98 Å². The second-order valence-electron chi connectivity index (χ2n) is 19.3. The quantitative estimate of drug-likeness (QED) is 0.0376. The van der Waals surface area contributed by atoms with Crippen molar-refractivity contribution in [3.8, 4) is 56.7 Å². The molecule has 4 aliphatic heterocycles. The standard InChI is InChI=1S/C64H42N8O12S4/c1-3-71-55(73)53(87-57(71)41(29-65)30-66)69-49-27-45-51(85-49)43-25-48-44(26-47(43)83-63(45,59(75)79-33-37-17-9-5-10-18-37)60(76)80-34-38-19-11-6-12-20-38)52-46(28-50(86-52)70-54-56(74)72(4-2)58(88-54)42(31-67)32-68)64(84-48,61(77)81-35-39-21-13-7-14-22-39)62(78)82-36-40-23-15-8-16-24-40/h5-28H,3-4,33-36H2,1-2H3/b69-53+,70-54+. The third kappa shape index (κ3) is 10.9. The number of carbonyl (C=O) groups is 6. The fourth-order valence-corrected chi connectivity index (χ4v) is 14.1. The van der Waals surface area contributed by atoms with Crippen LogP contribution in [0.2, 0.25) is 0 Å². The topological polar surface area (TPSA) is 284 Å². The highest BCUT2D eigenvalue weighted by molar-refractivity contribution is 8.20. The van der Waals surface area contributed by atoms with Gasteiger partial charge in [-0.1, -0.05) is 121 Å². The largest absolute Gasteiger partial charge is 0.459 e. The van der Waals surface area contributed by atoms with Crippen molar-refractivity contribution < 1.29 is 57.2 Å². The number of thioether (sulfide) groups is 2. The van der Waals surface area contributed by atoms with Gasteiger partial charge in [0.15, 0.2) is 21.2 Å². The summed E-state index contributed by atoms with van der Waals surface area (Å²) in [7, 11) is 0. The Morgan fingerprint density at radius 2 is 0.773 bits per heavy atom. The highest BCUT2D eigenvalue weighted by Gasteiger charge is 2.61. The van der Waals surface area contributed by atoms with Gasteiger partial charge in [-0.2, -0.15) is 21.0 Å². The summed E-state index contributed by atoms with van der Waals surface area (Å²) in [5.74, 6) is -6.44. The number of rotatable bonds is 16. The van der Waals surface area contributed by atoms with Crippen molar-refractivity contribution in [2.75, 3.05) is 13.1 Å². The number of ether oxygens (including phenoxy) is 6. The van der Waals surface area contributed by atoms with E-state index in [4.69, 9.17) is 38.4 Å². The molecule has 20 nitrogen and oxygen atoms in total. The number of amides is 2. The maximum absolute atomic E-state index is 15.4. The molecular weight excluding hydrogens is 1200 g/mol. The Morgan fingerprint density at radius 1 is 0.477 bits per heavy atom. The van der Waals surface area contributed by atoms with E-state index in [0.29, 0.717) is 22.3 Å². The molecule has 2 amide bonds. The number of aliphatic imine (C=N–C) groups is 2. The molecule has 0 spiro atoms. The number of carbonyl (C=O) groups excluding carboxylic acids is 6. The molecule has 0 saturated carbocycles. The maximum Gasteiger partial charge on any atom is 0.367 e. The molecule has 2 aromatic heterocycles. The van der Waals surface area contributed by atoms with Gasteiger partial charge in [0.25, 0.3) is 11.8 Å². The van der Waals surface area contributed by atoms with Crippen molar-refractivity contribution in [1.29, 1.82) is 21.0 Å². The molecule has 5 aromatic carbocycles. The number of hydrogen-bond donors (Lipinski definition) is 0. The van der Waals surface area contributed by atoms with Crippen LogP contribution in [0.25, 0.3) is 20.9 Å². The van der Waals surface area contributed by atoms with Crippen molar-refractivity contribution in [1.82, 2.24) is 9.80 Å². The zero-order valence-electron chi connectivity index (χ0n) is 46.2. The van der Waals surface area contributed by atoms with E-state index in [1.54, 1.807) is 135 Å². The van der Waals surface area contributed by atoms with Gasteiger partial charge in [-0.3, -0.25) is 19.4 Å². The zero-order chi connectivity index (χ0) is 61.7. The van der Waals surface area contributed by atoms with E-state index in [0.717, 1.165) is 46.2 Å². The number of allylic oxidation sites excluding steroid dienone is 2. The first-order valence-electron chi connectivity index (χ1n) is 26.7. The molecule has 0 atom stereocenters. The lowest BCUT2D eigenvalue weighted by Crippen LogP contribution is -2.52. The van der Waals surface area contributed by atoms with Crippen molar-refractivity contribution >= 4 is 102 Å². The van der Waals surface area contributed by atoms with Gasteiger partial charge in [-0.25, -0.2) is 29.2 Å². The second-order valence-corrected chi connectivity index (χ2v) is 23.3. The van der Waals surface area contributed by atoms with Crippen LogP contribution in [0, 0.1) is 45.3 Å². The minimum Gasteiger partial charge on any atom is -0.459 e. The third-order valence-electron chi connectivity index (χ3n) is 14.0. The lowest BCUT2D eigenvalue weighted by molar-refractivity contribution is -0.185. The van der Waals surface area contributed by atoms with Crippen molar-refractivity contribution in [3.05, 3.63) is 200 Å². The predicted octanol–water partition coefficient (Wildman–Crippen LogP) is 11.1. The molecule has 0 radical (unpaired) electrons. The monoisotopic (exact) mass is 1240 g/mol. The average molecular weight is 1240 g/mol. The second kappa shape index (κ2) is 25.2. The van der Waals surface area contributed by atoms with E-state index in [9.17, 15) is 30.6 Å². The summed E-state index contributed by atoms with van der Waals surface area (Å²) in [6.07, 6.45) is 0. The van der Waals surface area contributed by atoms with E-state index in [-0.39, 0.29) is 124 Å². The summed E-state index contributed by atoms with van der Waals surface area (Å²) in [6, 6.07) is 47.6. The normalized spacial score (nSPS) is 15.6. The Kier molecular flexibility index (Phi) is 16.9. The summed E-state index contributed by atoms with van der Waals surface area (Å²) < 4.78 is 37.8. The van der Waals surface area contributed by atoms with Crippen LogP contribution in [0.4, 0.5) is 10.0 Å². The minimum atomic E-state index is -2.80. The first-order valence-corrected chi connectivity index (χ1v) is 30.0. The Morgan fingerprint density at radius 3 is 1.05 bits per heavy atom. The van der Waals surface area contributed by atoms with Gasteiger partial charge in [0.1, 0.15) is 82.3 Å². The fourth-order valence-electron chi connectivity index (χ4n) is 9.71. The van der Waals surface area contributed by atoms with Crippen LogP contribution < -0.4 is 9.47 Å². The summed E-state index contributed by atoms with van der Waals surface area (Å²) in [5.41, 5.74) is -4.09. The van der Waals surface area contributed by atoms with Crippen molar-refractivity contribution in [3.63, 3.8) is 0 Å². The van der Waals surface area contributed by atoms with Gasteiger partial charge < -0.3 is 28.4 Å². The van der Waals surface area contributed by atoms with Gasteiger partial charge in [0.05, 0.1) is 0 Å². The summed E-state index contributed by atoms with van der Waals surface area (Å²) in [6.45, 7) is 2.13. The Balaban J connectivity index is 1.13. The molecule has 0 bridgehead atoms. The number of hydrogen-bond acceptors (Lipinski definition) is 22. The molecule has 88 heavy (non-hydrogen) atoms. The molecule has 434 valence electrons. The molecule has 2 saturated heterocycles. The van der Waals surface area contributed by atoms with Gasteiger partial charge in [0, 0.05) is 45.1 Å². The Hall–Kier alpha value is -10.6. The molecule has 0 aliphatic carbocycles. The predicted molar refractivity (Wildman–Crippen MR) is 323 cm³/mol. The minimum absolute atomic E-state index is 0.0306. The molecule has 0 unspecified atom stereocenters. The van der Waals surface area contributed by atoms with Gasteiger partial charge in [-0.05, 0) is 83.9 Å². The SMILES string of the molecule is CCN1C(=O)/C(=N\c2cc3c(s2)-c2cc4c(cc2OC3(C(=O)OCc2ccccc2)C(=O)OCc2ccccc2)-c2sc(/N=C3/SC(=C(C#N)C#N)N(CC)C3=O)cc2C(C(=O)OCc2ccccc2)(C(=O)OCc2ccccc2)O4)SC1=C(C#N)C#N.